The van der Waals surface area contributed by atoms with Gasteiger partial charge in [0.1, 0.15) is 0 Å². The predicted octanol–water partition coefficient (Wildman–Crippen LogP) is 2.81. The summed E-state index contributed by atoms with van der Waals surface area (Å²) in [5.41, 5.74) is 0.0399. The Balaban J connectivity index is 2.87. The maximum atomic E-state index is 11.1. The maximum absolute atomic E-state index is 11.1. The average Bonchev–Trinajstić information content (AvgIpc) is 2.01. The summed E-state index contributed by atoms with van der Waals surface area (Å²) in [5.74, 6) is 0.472. The Morgan fingerprint density at radius 2 is 2.00 bits per heavy atom. The van der Waals surface area contributed by atoms with Crippen molar-refractivity contribution in [3.05, 3.63) is 0 Å². The first kappa shape index (κ1) is 11.3. The molecular weight excluding hydrogens is 178 g/mol. The Morgan fingerprint density at radius 1 is 1.43 bits per heavy atom. The quantitative estimate of drug-likeness (QED) is 0.651. The van der Waals surface area contributed by atoms with Crippen molar-refractivity contribution in [1.82, 2.24) is 4.90 Å². The van der Waals surface area contributed by atoms with Crippen LogP contribution in [-0.4, -0.2) is 28.7 Å². The Morgan fingerprint density at radius 3 is 2.36 bits per heavy atom. The van der Waals surface area contributed by atoms with Gasteiger partial charge in [-0.3, -0.25) is 0 Å². The molecule has 1 rings (SSSR count). The lowest BCUT2D eigenvalue weighted by molar-refractivity contribution is 0.0288. The summed E-state index contributed by atoms with van der Waals surface area (Å²) >= 11 is 0. The number of nitrogens with zero attached hydrogens (tertiary/aromatic N) is 1. The van der Waals surface area contributed by atoms with Gasteiger partial charge in [0, 0.05) is 12.6 Å². The number of amides is 1. The van der Waals surface area contributed by atoms with Crippen molar-refractivity contribution >= 4 is 6.09 Å². The van der Waals surface area contributed by atoms with Crippen LogP contribution in [0, 0.1) is 11.3 Å². The van der Waals surface area contributed by atoms with E-state index in [2.05, 4.69) is 27.7 Å². The average molecular weight is 199 g/mol. The SMILES string of the molecule is CC1CCCN(C(=O)O)C1C(C)(C)C. The molecule has 0 radical (unpaired) electrons. The molecule has 3 heteroatoms. The lowest BCUT2D eigenvalue weighted by Crippen LogP contribution is -2.53. The van der Waals surface area contributed by atoms with E-state index in [9.17, 15) is 4.79 Å². The standard InChI is InChI=1S/C11H21NO2/c1-8-6-5-7-12(10(13)14)9(8)11(2,3)4/h8-9H,5-7H2,1-4H3,(H,13,14). The van der Waals surface area contributed by atoms with E-state index < -0.39 is 6.09 Å². The molecule has 3 nitrogen and oxygen atoms in total. The molecule has 0 spiro atoms. The first-order valence-corrected chi connectivity index (χ1v) is 5.33. The molecule has 1 saturated heterocycles. The first-order valence-electron chi connectivity index (χ1n) is 5.33. The van der Waals surface area contributed by atoms with Gasteiger partial charge in [0.25, 0.3) is 0 Å². The Bertz CT molecular complexity index is 220. The van der Waals surface area contributed by atoms with Crippen molar-refractivity contribution in [3.63, 3.8) is 0 Å². The lowest BCUT2D eigenvalue weighted by Gasteiger charge is -2.45. The molecule has 1 aliphatic heterocycles. The van der Waals surface area contributed by atoms with Gasteiger partial charge in [-0.1, -0.05) is 27.7 Å². The van der Waals surface area contributed by atoms with Crippen LogP contribution in [-0.2, 0) is 0 Å². The van der Waals surface area contributed by atoms with Gasteiger partial charge >= 0.3 is 6.09 Å². The van der Waals surface area contributed by atoms with Crippen LogP contribution in [0.3, 0.4) is 0 Å². The van der Waals surface area contributed by atoms with E-state index in [-0.39, 0.29) is 11.5 Å². The minimum absolute atomic E-state index is 0.0399. The number of hydrogen-bond acceptors (Lipinski definition) is 1. The number of piperidine rings is 1. The van der Waals surface area contributed by atoms with Crippen molar-refractivity contribution in [2.45, 2.75) is 46.6 Å². The van der Waals surface area contributed by atoms with Crippen LogP contribution >= 0.6 is 0 Å². The number of hydrogen-bond donors (Lipinski definition) is 1. The zero-order chi connectivity index (χ0) is 10.9. The molecule has 14 heavy (non-hydrogen) atoms. The fraction of sp³-hybridized carbons (Fsp3) is 0.909. The smallest absolute Gasteiger partial charge is 0.407 e. The minimum atomic E-state index is -0.767. The monoisotopic (exact) mass is 199 g/mol. The highest BCUT2D eigenvalue weighted by Gasteiger charge is 2.39. The zero-order valence-corrected chi connectivity index (χ0v) is 9.58. The summed E-state index contributed by atoms with van der Waals surface area (Å²) in [4.78, 5) is 12.7. The van der Waals surface area contributed by atoms with Gasteiger partial charge in [0.2, 0.25) is 0 Å². The molecule has 82 valence electrons. The molecular formula is C11H21NO2. The summed E-state index contributed by atoms with van der Waals surface area (Å²) in [7, 11) is 0. The molecule has 1 heterocycles. The second-order valence-electron chi connectivity index (χ2n) is 5.41. The van der Waals surface area contributed by atoms with Crippen molar-refractivity contribution in [1.29, 1.82) is 0 Å². The van der Waals surface area contributed by atoms with E-state index in [1.54, 1.807) is 4.90 Å². The summed E-state index contributed by atoms with van der Waals surface area (Å²) in [6, 6.07) is 0.161. The third-order valence-electron chi connectivity index (χ3n) is 3.07. The van der Waals surface area contributed by atoms with Crippen molar-refractivity contribution in [3.8, 4) is 0 Å². The minimum Gasteiger partial charge on any atom is -0.465 e. The summed E-state index contributed by atoms with van der Waals surface area (Å²) in [6.07, 6.45) is 1.38. The predicted molar refractivity (Wildman–Crippen MR) is 56.4 cm³/mol. The molecule has 1 N–H and O–H groups in total. The largest absolute Gasteiger partial charge is 0.465 e. The van der Waals surface area contributed by atoms with Crippen molar-refractivity contribution in [2.24, 2.45) is 11.3 Å². The molecule has 1 amide bonds. The Hall–Kier alpha value is -0.730. The van der Waals surface area contributed by atoms with Gasteiger partial charge in [-0.15, -0.1) is 0 Å². The van der Waals surface area contributed by atoms with Crippen LogP contribution in [0.15, 0.2) is 0 Å². The topological polar surface area (TPSA) is 40.5 Å². The van der Waals surface area contributed by atoms with Crippen LogP contribution in [0.1, 0.15) is 40.5 Å². The Labute approximate surface area is 86.1 Å². The number of likely N-dealkylation sites (tertiary alicyclic amines) is 1. The normalized spacial score (nSPS) is 29.0. The van der Waals surface area contributed by atoms with Crippen LogP contribution in [0.4, 0.5) is 4.79 Å². The molecule has 1 fully saturated rings. The van der Waals surface area contributed by atoms with E-state index in [4.69, 9.17) is 5.11 Å². The van der Waals surface area contributed by atoms with E-state index in [1.807, 2.05) is 0 Å². The second kappa shape index (κ2) is 3.79. The second-order valence-corrected chi connectivity index (χ2v) is 5.41. The van der Waals surface area contributed by atoms with Gasteiger partial charge in [0.05, 0.1) is 0 Å². The molecule has 0 aromatic carbocycles. The van der Waals surface area contributed by atoms with Crippen LogP contribution in [0.25, 0.3) is 0 Å². The maximum Gasteiger partial charge on any atom is 0.407 e. The van der Waals surface area contributed by atoms with Gasteiger partial charge < -0.3 is 10.0 Å². The van der Waals surface area contributed by atoms with Gasteiger partial charge in [-0.25, -0.2) is 4.79 Å². The number of carbonyl (C=O) groups is 1. The third kappa shape index (κ3) is 2.20. The Kier molecular flexibility index (Phi) is 3.07. The van der Waals surface area contributed by atoms with Gasteiger partial charge in [-0.2, -0.15) is 0 Å². The third-order valence-corrected chi connectivity index (χ3v) is 3.07. The van der Waals surface area contributed by atoms with E-state index in [1.165, 1.54) is 0 Å². The van der Waals surface area contributed by atoms with Crippen molar-refractivity contribution < 1.29 is 9.90 Å². The highest BCUT2D eigenvalue weighted by atomic mass is 16.4. The van der Waals surface area contributed by atoms with Gasteiger partial charge in [-0.05, 0) is 24.2 Å². The van der Waals surface area contributed by atoms with Crippen molar-refractivity contribution in [2.75, 3.05) is 6.54 Å². The van der Waals surface area contributed by atoms with Crippen LogP contribution < -0.4 is 0 Å². The molecule has 0 bridgehead atoms. The van der Waals surface area contributed by atoms with Crippen LogP contribution in [0.2, 0.25) is 0 Å². The molecule has 0 saturated carbocycles. The lowest BCUT2D eigenvalue weighted by atomic mass is 9.75. The summed E-state index contributed by atoms with van der Waals surface area (Å²) < 4.78 is 0. The number of carboxylic acid groups (broad SMARTS) is 1. The fourth-order valence-electron chi connectivity index (χ4n) is 2.72. The summed E-state index contributed by atoms with van der Waals surface area (Å²) in [5, 5.41) is 9.12. The highest BCUT2D eigenvalue weighted by Crippen LogP contribution is 2.35. The molecule has 0 aromatic rings. The molecule has 2 unspecified atom stereocenters. The van der Waals surface area contributed by atoms with Gasteiger partial charge in [0.15, 0.2) is 0 Å². The zero-order valence-electron chi connectivity index (χ0n) is 9.58. The van der Waals surface area contributed by atoms with E-state index in [0.717, 1.165) is 12.8 Å². The van der Waals surface area contributed by atoms with Crippen LogP contribution in [0.5, 0.6) is 0 Å². The molecule has 0 aliphatic carbocycles. The summed E-state index contributed by atoms with van der Waals surface area (Å²) in [6.45, 7) is 9.22. The van der Waals surface area contributed by atoms with E-state index in [0.29, 0.717) is 12.5 Å². The highest BCUT2D eigenvalue weighted by molar-refractivity contribution is 5.65. The van der Waals surface area contributed by atoms with E-state index >= 15 is 0 Å². The fourth-order valence-corrected chi connectivity index (χ4v) is 2.72. The molecule has 0 aromatic heterocycles. The molecule has 2 atom stereocenters. The number of rotatable bonds is 0. The first-order chi connectivity index (χ1) is 6.34. The molecule has 1 aliphatic rings.